The number of hydrogen-bond donors (Lipinski definition) is 3. The third kappa shape index (κ3) is 8.10. The quantitative estimate of drug-likeness (QED) is 0.332. The summed E-state index contributed by atoms with van der Waals surface area (Å²) in [4.78, 5) is 39.5. The Hall–Kier alpha value is -2.37. The van der Waals surface area contributed by atoms with Crippen LogP contribution in [0.1, 0.15) is 119 Å². The van der Waals surface area contributed by atoms with Crippen LogP contribution in [0.5, 0.6) is 0 Å². The van der Waals surface area contributed by atoms with Gasteiger partial charge in [0, 0.05) is 34.8 Å². The number of amides is 3. The molecular weight excluding hydrogens is 498 g/mol. The molecular formula is C34H53N3O3. The Morgan fingerprint density at radius 2 is 0.775 bits per heavy atom. The van der Waals surface area contributed by atoms with Crippen LogP contribution in [-0.4, -0.2) is 17.7 Å². The summed E-state index contributed by atoms with van der Waals surface area (Å²) in [6.07, 6.45) is 11.9. The predicted molar refractivity (Wildman–Crippen MR) is 164 cm³/mol. The molecule has 0 heterocycles. The van der Waals surface area contributed by atoms with E-state index in [1.54, 1.807) is 0 Å². The highest BCUT2D eigenvalue weighted by Crippen LogP contribution is 2.41. The van der Waals surface area contributed by atoms with E-state index in [1.807, 2.05) is 18.2 Å². The van der Waals surface area contributed by atoms with Crippen LogP contribution in [0.3, 0.4) is 0 Å². The molecule has 3 N–H and O–H groups in total. The molecule has 1 aromatic carbocycles. The first kappa shape index (κ1) is 30.6. The number of carbonyl (C=O) groups is 3. The van der Waals surface area contributed by atoms with Crippen LogP contribution in [0.25, 0.3) is 0 Å². The molecule has 0 spiro atoms. The van der Waals surface area contributed by atoms with Crippen molar-refractivity contribution in [3.05, 3.63) is 18.2 Å². The van der Waals surface area contributed by atoms with Gasteiger partial charge < -0.3 is 16.0 Å². The first-order valence-electron chi connectivity index (χ1n) is 15.9. The van der Waals surface area contributed by atoms with Crippen LogP contribution < -0.4 is 16.0 Å². The minimum atomic E-state index is -0.00798. The molecule has 0 radical (unpaired) electrons. The predicted octanol–water partition coefficient (Wildman–Crippen LogP) is 8.40. The van der Waals surface area contributed by atoms with E-state index >= 15 is 0 Å². The zero-order chi connectivity index (χ0) is 29.1. The summed E-state index contributed by atoms with van der Waals surface area (Å²) in [5.74, 6) is 1.40. The molecule has 0 saturated heterocycles. The number of hydrogen-bond acceptors (Lipinski definition) is 3. The molecule has 4 rings (SSSR count). The number of carbonyl (C=O) groups excluding carboxylic acids is 3. The molecule has 40 heavy (non-hydrogen) atoms. The molecule has 6 heteroatoms. The van der Waals surface area contributed by atoms with Crippen LogP contribution in [0, 0.1) is 40.4 Å². The molecule has 3 fully saturated rings. The molecule has 0 aliphatic heterocycles. The van der Waals surface area contributed by atoms with E-state index in [0.717, 1.165) is 77.0 Å². The summed E-state index contributed by atoms with van der Waals surface area (Å²) >= 11 is 0. The van der Waals surface area contributed by atoms with Gasteiger partial charge in [-0.3, -0.25) is 14.4 Å². The van der Waals surface area contributed by atoms with Gasteiger partial charge in [-0.1, -0.05) is 54.4 Å². The van der Waals surface area contributed by atoms with Crippen molar-refractivity contribution in [3.8, 4) is 0 Å². The Kier molecular flexibility index (Phi) is 9.67. The number of rotatable bonds is 6. The minimum Gasteiger partial charge on any atom is -0.326 e. The van der Waals surface area contributed by atoms with Gasteiger partial charge >= 0.3 is 0 Å². The average Bonchev–Trinajstić information content (AvgIpc) is 3.43. The van der Waals surface area contributed by atoms with Gasteiger partial charge in [0.2, 0.25) is 17.7 Å². The lowest BCUT2D eigenvalue weighted by atomic mass is 9.69. The van der Waals surface area contributed by atoms with Crippen molar-refractivity contribution in [2.45, 2.75) is 119 Å². The normalized spacial score (nSPS) is 26.2. The monoisotopic (exact) mass is 551 g/mol. The second-order valence-electron chi connectivity index (χ2n) is 15.1. The van der Waals surface area contributed by atoms with Crippen LogP contribution >= 0.6 is 0 Å². The third-order valence-electron chi connectivity index (χ3n) is 10.1. The summed E-state index contributed by atoms with van der Waals surface area (Å²) < 4.78 is 0. The lowest BCUT2D eigenvalue weighted by molar-refractivity contribution is -0.122. The zero-order valence-electron chi connectivity index (χ0n) is 25.8. The largest absolute Gasteiger partial charge is 0.326 e. The maximum Gasteiger partial charge on any atom is 0.227 e. The highest BCUT2D eigenvalue weighted by atomic mass is 16.2. The first-order chi connectivity index (χ1) is 18.8. The molecule has 0 atom stereocenters. The molecule has 3 saturated carbocycles. The Bertz CT molecular complexity index is 979. The van der Waals surface area contributed by atoms with Crippen molar-refractivity contribution in [1.82, 2.24) is 0 Å². The molecule has 0 bridgehead atoms. The number of anilines is 3. The van der Waals surface area contributed by atoms with Gasteiger partial charge in [0.15, 0.2) is 0 Å². The van der Waals surface area contributed by atoms with E-state index in [1.165, 1.54) is 0 Å². The number of benzene rings is 1. The Morgan fingerprint density at radius 3 is 1.05 bits per heavy atom. The van der Waals surface area contributed by atoms with Crippen molar-refractivity contribution in [2.24, 2.45) is 40.4 Å². The van der Waals surface area contributed by atoms with E-state index in [9.17, 15) is 14.4 Å². The molecule has 3 amide bonds. The summed E-state index contributed by atoms with van der Waals surface area (Å²) in [5, 5.41) is 9.32. The van der Waals surface area contributed by atoms with Gasteiger partial charge in [0.05, 0.1) is 0 Å². The zero-order valence-corrected chi connectivity index (χ0v) is 25.8. The molecule has 6 nitrogen and oxygen atoms in total. The van der Waals surface area contributed by atoms with Gasteiger partial charge in [-0.25, -0.2) is 0 Å². The van der Waals surface area contributed by atoms with Crippen molar-refractivity contribution in [2.75, 3.05) is 16.0 Å². The summed E-state index contributed by atoms with van der Waals surface area (Å²) in [6, 6.07) is 5.49. The van der Waals surface area contributed by atoms with Crippen molar-refractivity contribution in [1.29, 1.82) is 0 Å². The van der Waals surface area contributed by atoms with Crippen molar-refractivity contribution in [3.63, 3.8) is 0 Å². The van der Waals surface area contributed by atoms with Gasteiger partial charge in [-0.05, 0) is 105 Å². The summed E-state index contributed by atoms with van der Waals surface area (Å²) in [5.41, 5.74) is 2.41. The Balaban J connectivity index is 1.44. The highest BCUT2D eigenvalue weighted by Gasteiger charge is 2.34. The standard InChI is InChI=1S/C34H53N3O3/c1-33(2,3)25-15-11-23(12-16-25)31(39)36-28-19-27(35-30(38)22-9-7-8-10-22)20-29(21-28)37-32(40)24-13-17-26(18-14-24)34(4,5)6/h19-26H,7-18H2,1-6H3,(H,35,38)(H,36,39)(H,37,40)/t23-,24-,25+,26+. The molecule has 3 aliphatic carbocycles. The van der Waals surface area contributed by atoms with Crippen molar-refractivity contribution >= 4 is 34.8 Å². The molecule has 1 aromatic rings. The fourth-order valence-corrected chi connectivity index (χ4v) is 7.21. The van der Waals surface area contributed by atoms with Gasteiger partial charge in [-0.15, -0.1) is 0 Å². The maximum atomic E-state index is 13.3. The lowest BCUT2D eigenvalue weighted by Gasteiger charge is -2.36. The van der Waals surface area contributed by atoms with Crippen LogP contribution in [-0.2, 0) is 14.4 Å². The summed E-state index contributed by atoms with van der Waals surface area (Å²) in [6.45, 7) is 13.7. The second kappa shape index (κ2) is 12.7. The van der Waals surface area contributed by atoms with Gasteiger partial charge in [0.1, 0.15) is 0 Å². The third-order valence-corrected chi connectivity index (χ3v) is 10.1. The maximum absolute atomic E-state index is 13.3. The van der Waals surface area contributed by atoms with Crippen LogP contribution in [0.2, 0.25) is 0 Å². The van der Waals surface area contributed by atoms with E-state index < -0.39 is 0 Å². The lowest BCUT2D eigenvalue weighted by Crippen LogP contribution is -2.32. The van der Waals surface area contributed by atoms with Gasteiger partial charge in [0.25, 0.3) is 0 Å². The smallest absolute Gasteiger partial charge is 0.227 e. The molecule has 0 aromatic heterocycles. The first-order valence-corrected chi connectivity index (χ1v) is 15.9. The summed E-state index contributed by atoms with van der Waals surface area (Å²) in [7, 11) is 0. The van der Waals surface area contributed by atoms with E-state index in [2.05, 4.69) is 57.5 Å². The highest BCUT2D eigenvalue weighted by molar-refractivity contribution is 5.99. The van der Waals surface area contributed by atoms with Crippen LogP contribution in [0.4, 0.5) is 17.1 Å². The van der Waals surface area contributed by atoms with Gasteiger partial charge in [-0.2, -0.15) is 0 Å². The Morgan fingerprint density at radius 1 is 0.500 bits per heavy atom. The number of nitrogens with one attached hydrogen (secondary N) is 3. The SMILES string of the molecule is CC(C)(C)[C@H]1CC[C@@H](C(=O)Nc2cc(NC(=O)C3CCCC3)cc(NC(=O)[C@H]3CC[C@@H](C(C)(C)C)CC3)c2)CC1. The van der Waals surface area contributed by atoms with Crippen molar-refractivity contribution < 1.29 is 14.4 Å². The average molecular weight is 552 g/mol. The van der Waals surface area contributed by atoms with Crippen LogP contribution in [0.15, 0.2) is 18.2 Å². The molecule has 3 aliphatic rings. The minimum absolute atomic E-state index is 0.00798. The fourth-order valence-electron chi connectivity index (χ4n) is 7.21. The van der Waals surface area contributed by atoms with E-state index in [4.69, 9.17) is 0 Å². The molecule has 222 valence electrons. The fraction of sp³-hybridized carbons (Fsp3) is 0.735. The van der Waals surface area contributed by atoms with E-state index in [0.29, 0.717) is 28.9 Å². The Labute approximate surface area is 242 Å². The van der Waals surface area contributed by atoms with E-state index in [-0.39, 0.29) is 46.3 Å². The second-order valence-corrected chi connectivity index (χ2v) is 15.1. The topological polar surface area (TPSA) is 87.3 Å². The molecule has 0 unspecified atom stereocenters.